The van der Waals surface area contributed by atoms with Crippen molar-refractivity contribution in [2.24, 2.45) is 5.16 Å². The van der Waals surface area contributed by atoms with Gasteiger partial charge in [0.15, 0.2) is 45.9 Å². The minimum atomic E-state index is -1.65. The number of aliphatic carboxylic acids is 1. The summed E-state index contributed by atoms with van der Waals surface area (Å²) in [4.78, 5) is 84.0. The average Bonchev–Trinajstić information content (AvgIpc) is 3.54. The van der Waals surface area contributed by atoms with E-state index in [0.717, 1.165) is 30.1 Å². The summed E-state index contributed by atoms with van der Waals surface area (Å²) in [5.74, 6) is -5.98. The first-order chi connectivity index (χ1) is 29.1. The van der Waals surface area contributed by atoms with E-state index < -0.39 is 70.1 Å². The summed E-state index contributed by atoms with van der Waals surface area (Å²) < 4.78 is 16.5. The molecule has 3 atom stereocenters. The Bertz CT molecular complexity index is 2410. The number of nitrogens with one attached hydrogen (secondary N) is 1. The number of nitrogens with zero attached hydrogens (tertiary/aromatic N) is 3. The van der Waals surface area contributed by atoms with Gasteiger partial charge in [0.05, 0.1) is 18.8 Å². The molecule has 3 aliphatic heterocycles. The molecule has 17 nitrogen and oxygen atoms in total. The fourth-order valence-corrected chi connectivity index (χ4v) is 9.06. The number of phenolic OH excluding ortho intramolecular Hbond substituents is 2. The maximum atomic E-state index is 13.9. The summed E-state index contributed by atoms with van der Waals surface area (Å²) in [6, 6.07) is 24.5. The third kappa shape index (κ3) is 8.90. The molecule has 61 heavy (non-hydrogen) atoms. The molecule has 314 valence electrons. The van der Waals surface area contributed by atoms with Crippen LogP contribution in [0.1, 0.15) is 60.3 Å². The number of oxime groups is 1. The summed E-state index contributed by atoms with van der Waals surface area (Å²) in [6.45, 7) is 2.63. The Morgan fingerprint density at radius 3 is 1.92 bits per heavy atom. The molecular weight excluding hydrogens is 813 g/mol. The highest BCUT2D eigenvalue weighted by Crippen LogP contribution is 2.49. The lowest BCUT2D eigenvalue weighted by Crippen LogP contribution is -2.61. The molecule has 2 amide bonds. The molecule has 4 N–H and O–H groups in total. The van der Waals surface area contributed by atoms with Crippen molar-refractivity contribution in [3.8, 4) is 23.0 Å². The summed E-state index contributed by atoms with van der Waals surface area (Å²) in [6.07, 6.45) is -1.77. The number of ether oxygens (including phenoxy) is 3. The van der Waals surface area contributed by atoms with Crippen molar-refractivity contribution in [1.82, 2.24) is 10.2 Å². The number of aromatic hydroxyl groups is 2. The van der Waals surface area contributed by atoms with E-state index >= 15 is 0 Å². The van der Waals surface area contributed by atoms with Crippen molar-refractivity contribution in [3.05, 3.63) is 130 Å². The van der Waals surface area contributed by atoms with Crippen LogP contribution in [0.3, 0.4) is 0 Å². The molecule has 0 spiro atoms. The van der Waals surface area contributed by atoms with Crippen molar-refractivity contribution in [2.45, 2.75) is 56.3 Å². The number of hydrogen-bond donors (Lipinski definition) is 4. The van der Waals surface area contributed by atoms with E-state index in [2.05, 4.69) is 10.5 Å². The molecule has 3 aliphatic rings. The van der Waals surface area contributed by atoms with Gasteiger partial charge >= 0.3 is 23.9 Å². The standard InChI is InChI=1S/C43H38N4O13S/c1-23(48)57-32-17-28-21-47(3,22-29(28)18-33(32)58-24(2)49)38-37(42(54)55)46-35(53)19-36(46)61-41(38)45-34(52)20-44-60-40(27-14-15-30(50)31(51)16-27)43(56)59-39(25-10-6-4-7-11-25)26-12-8-5-9-13-26/h4-18,20,36,39-41H,19,21-22H2,1-3H3,(H3-,44,45,50,51,52,54,55)/p+1/t36-,40?,41?/m1/s1. The average molecular weight is 852 g/mol. The monoisotopic (exact) mass is 851 g/mol. The first-order valence-corrected chi connectivity index (χ1v) is 19.7. The van der Waals surface area contributed by atoms with Crippen LogP contribution >= 0.6 is 11.8 Å². The van der Waals surface area contributed by atoms with E-state index in [1.165, 1.54) is 36.9 Å². The molecule has 1 fully saturated rings. The minimum absolute atomic E-state index is 0.0141. The van der Waals surface area contributed by atoms with Crippen LogP contribution < -0.4 is 14.8 Å². The number of rotatable bonds is 13. The number of benzene rings is 4. The van der Waals surface area contributed by atoms with E-state index in [1.807, 2.05) is 12.1 Å². The number of amides is 2. The second-order valence-corrected chi connectivity index (χ2v) is 15.8. The van der Waals surface area contributed by atoms with Gasteiger partial charge in [0.25, 0.3) is 5.91 Å². The van der Waals surface area contributed by atoms with Crippen LogP contribution in [0.5, 0.6) is 23.0 Å². The highest BCUT2D eigenvalue weighted by atomic mass is 32.2. The van der Waals surface area contributed by atoms with E-state index in [9.17, 15) is 44.1 Å². The molecule has 4 aromatic rings. The quantitative estimate of drug-likeness (QED) is 0.0276. The number of carbonyl (C=O) groups excluding carboxylic acids is 5. The number of phenols is 2. The molecule has 7 rings (SSSR count). The molecule has 3 heterocycles. The number of carboxylic acids is 1. The van der Waals surface area contributed by atoms with Gasteiger partial charge in [-0.15, -0.1) is 11.8 Å². The molecule has 0 bridgehead atoms. The lowest BCUT2D eigenvalue weighted by Gasteiger charge is -2.48. The first-order valence-electron chi connectivity index (χ1n) is 18.8. The van der Waals surface area contributed by atoms with Crippen LogP contribution in [0.25, 0.3) is 0 Å². The number of thioether (sulfide) groups is 1. The largest absolute Gasteiger partial charge is 0.504 e. The number of fused-ring (bicyclic) bond motifs is 2. The zero-order valence-electron chi connectivity index (χ0n) is 32.8. The fourth-order valence-electron chi connectivity index (χ4n) is 7.48. The van der Waals surface area contributed by atoms with Gasteiger partial charge in [-0.25, -0.2) is 9.59 Å². The Morgan fingerprint density at radius 1 is 0.836 bits per heavy atom. The summed E-state index contributed by atoms with van der Waals surface area (Å²) in [5, 5.41) is 35.8. The van der Waals surface area contributed by atoms with Gasteiger partial charge in [-0.3, -0.25) is 28.6 Å². The molecule has 1 saturated heterocycles. The van der Waals surface area contributed by atoms with Crippen molar-refractivity contribution in [1.29, 1.82) is 0 Å². The Labute approximate surface area is 352 Å². The van der Waals surface area contributed by atoms with Gasteiger partial charge in [0.2, 0.25) is 12.0 Å². The third-order valence-electron chi connectivity index (χ3n) is 10.1. The molecular formula is C43H39N4O13S+. The molecule has 18 heteroatoms. The van der Waals surface area contributed by atoms with Gasteiger partial charge in [0.1, 0.15) is 19.3 Å². The van der Waals surface area contributed by atoms with Crippen LogP contribution in [0, 0.1) is 0 Å². The summed E-state index contributed by atoms with van der Waals surface area (Å²) in [5.41, 5.74) is 2.44. The molecule has 0 aliphatic carbocycles. The van der Waals surface area contributed by atoms with Crippen molar-refractivity contribution in [2.75, 3.05) is 7.05 Å². The Morgan fingerprint density at radius 2 is 1.41 bits per heavy atom. The summed E-state index contributed by atoms with van der Waals surface area (Å²) in [7, 11) is 1.72. The highest BCUT2D eigenvalue weighted by Gasteiger charge is 2.55. The molecule has 2 unspecified atom stereocenters. The zero-order chi connectivity index (χ0) is 43.6. The van der Waals surface area contributed by atoms with E-state index in [-0.39, 0.29) is 52.4 Å². The highest BCUT2D eigenvalue weighted by molar-refractivity contribution is 8.00. The summed E-state index contributed by atoms with van der Waals surface area (Å²) >= 11 is 1.15. The minimum Gasteiger partial charge on any atom is -0.504 e. The number of esters is 3. The van der Waals surface area contributed by atoms with Gasteiger partial charge < -0.3 is 39.7 Å². The molecule has 0 saturated carbocycles. The van der Waals surface area contributed by atoms with Gasteiger partial charge in [-0.2, -0.15) is 0 Å². The second kappa shape index (κ2) is 17.2. The van der Waals surface area contributed by atoms with Crippen LogP contribution in [0.15, 0.2) is 108 Å². The van der Waals surface area contributed by atoms with E-state index in [0.29, 0.717) is 22.3 Å². The van der Waals surface area contributed by atoms with Gasteiger partial charge in [-0.05, 0) is 35.4 Å². The Kier molecular flexibility index (Phi) is 11.8. The topological polar surface area (TPSA) is 228 Å². The number of carboxylic acid groups (broad SMARTS) is 1. The molecule has 0 radical (unpaired) electrons. The van der Waals surface area contributed by atoms with Gasteiger partial charge in [-0.1, -0.05) is 71.9 Å². The van der Waals surface area contributed by atoms with Crippen LogP contribution in [0.4, 0.5) is 0 Å². The third-order valence-corrected chi connectivity index (χ3v) is 11.4. The number of β-lactam (4-membered cyclic amide) rings is 1. The number of quaternary nitrogens is 1. The number of likely N-dealkylation sites (N-methyl/N-ethyl adjacent to an activating group) is 1. The van der Waals surface area contributed by atoms with Crippen LogP contribution in [-0.2, 0) is 51.4 Å². The van der Waals surface area contributed by atoms with Gasteiger partial charge in [0, 0.05) is 30.5 Å². The van der Waals surface area contributed by atoms with Crippen LogP contribution in [-0.4, -0.2) is 84.4 Å². The lowest BCUT2D eigenvalue weighted by atomic mass is 10.0. The van der Waals surface area contributed by atoms with Crippen molar-refractivity contribution in [3.63, 3.8) is 0 Å². The zero-order valence-corrected chi connectivity index (χ0v) is 33.7. The molecule has 4 aromatic carbocycles. The van der Waals surface area contributed by atoms with E-state index in [4.69, 9.17) is 19.0 Å². The maximum Gasteiger partial charge on any atom is 0.358 e. The predicted octanol–water partition coefficient (Wildman–Crippen LogP) is 4.53. The predicted molar refractivity (Wildman–Crippen MR) is 215 cm³/mol. The SMILES string of the molecule is CC(=O)Oc1cc2c(cc1OC(C)=O)C[N+](C)(C1=C(C(=O)O)N3C(=O)C[C@H]3SC1NC(=O)/C=N\OC(C(=O)OC(c1ccccc1)c1ccccc1)c1ccc(O)c(O)c1)C2. The second-order valence-electron chi connectivity index (χ2n) is 14.6. The maximum absolute atomic E-state index is 13.9. The fraction of sp³-hybridized carbons (Fsp3) is 0.233. The Balaban J connectivity index is 1.16. The molecule has 0 aromatic heterocycles. The Hall–Kier alpha value is -7.18. The number of carbonyl (C=O) groups is 6. The smallest absolute Gasteiger partial charge is 0.358 e. The van der Waals surface area contributed by atoms with Crippen molar-refractivity contribution < 1.29 is 67.6 Å². The first kappa shape index (κ1) is 42.0. The number of hydrogen-bond acceptors (Lipinski definition) is 14. The van der Waals surface area contributed by atoms with Crippen molar-refractivity contribution >= 4 is 53.7 Å². The normalized spacial score (nSPS) is 18.1. The van der Waals surface area contributed by atoms with E-state index in [1.54, 1.807) is 55.6 Å². The lowest BCUT2D eigenvalue weighted by molar-refractivity contribution is -0.894. The van der Waals surface area contributed by atoms with Crippen LogP contribution in [0.2, 0.25) is 0 Å².